The van der Waals surface area contributed by atoms with E-state index in [4.69, 9.17) is 0 Å². The van der Waals surface area contributed by atoms with Gasteiger partial charge in [0.05, 0.1) is 16.8 Å². The molecule has 4 rings (SSSR count). The van der Waals surface area contributed by atoms with Crippen molar-refractivity contribution in [2.24, 2.45) is 0 Å². The number of hydrogen-bond donors (Lipinski definition) is 0. The Kier molecular flexibility index (Phi) is 3.98. The summed E-state index contributed by atoms with van der Waals surface area (Å²) in [5, 5.41) is 0. The molecule has 2 aromatic carbocycles. The van der Waals surface area contributed by atoms with Crippen LogP contribution in [0.25, 0.3) is 11.1 Å². The summed E-state index contributed by atoms with van der Waals surface area (Å²) in [6, 6.07) is 9.38. The van der Waals surface area contributed by atoms with Crippen molar-refractivity contribution in [1.29, 1.82) is 0 Å². The van der Waals surface area contributed by atoms with Gasteiger partial charge in [-0.2, -0.15) is 13.2 Å². The molecule has 0 aliphatic carbocycles. The molecule has 1 saturated heterocycles. The topological polar surface area (TPSA) is 40.6 Å². The van der Waals surface area contributed by atoms with Crippen LogP contribution in [0.2, 0.25) is 0 Å². The average molecular weight is 374 g/mol. The molecule has 0 N–H and O–H groups in total. The summed E-state index contributed by atoms with van der Waals surface area (Å²) < 4.78 is 39.0. The van der Waals surface area contributed by atoms with E-state index in [9.17, 15) is 22.8 Å². The Labute approximate surface area is 154 Å². The molecule has 0 saturated carbocycles. The summed E-state index contributed by atoms with van der Waals surface area (Å²) in [6.07, 6.45) is -3.05. The van der Waals surface area contributed by atoms with Crippen molar-refractivity contribution < 1.29 is 22.8 Å². The summed E-state index contributed by atoms with van der Waals surface area (Å²) in [4.78, 5) is 28.7. The predicted molar refractivity (Wildman–Crippen MR) is 94.3 cm³/mol. The second-order valence-corrected chi connectivity index (χ2v) is 6.86. The molecule has 0 aromatic heterocycles. The molecule has 7 heteroatoms. The molecule has 2 aliphatic rings. The largest absolute Gasteiger partial charge is 0.416 e. The third kappa shape index (κ3) is 2.87. The van der Waals surface area contributed by atoms with Crippen molar-refractivity contribution in [2.75, 3.05) is 18.5 Å². The van der Waals surface area contributed by atoms with Crippen molar-refractivity contribution in [3.05, 3.63) is 53.6 Å². The van der Waals surface area contributed by atoms with E-state index in [1.165, 1.54) is 11.0 Å². The minimum Gasteiger partial charge on any atom is -0.327 e. The lowest BCUT2D eigenvalue weighted by Crippen LogP contribution is -2.43. The number of halogens is 3. The number of nitrogens with zero attached hydrogens (tertiary/aromatic N) is 2. The molecule has 27 heavy (non-hydrogen) atoms. The lowest BCUT2D eigenvalue weighted by Gasteiger charge is -2.22. The van der Waals surface area contributed by atoms with Gasteiger partial charge in [0, 0.05) is 13.6 Å². The number of amides is 2. The summed E-state index contributed by atoms with van der Waals surface area (Å²) in [5.74, 6) is -0.384. The second kappa shape index (κ2) is 6.11. The molecule has 2 aliphatic heterocycles. The first-order chi connectivity index (χ1) is 12.8. The van der Waals surface area contributed by atoms with Crippen molar-refractivity contribution >= 4 is 17.5 Å². The van der Waals surface area contributed by atoms with E-state index in [1.54, 1.807) is 36.2 Å². The highest BCUT2D eigenvalue weighted by Crippen LogP contribution is 2.36. The van der Waals surface area contributed by atoms with E-state index in [1.807, 2.05) is 0 Å². The van der Waals surface area contributed by atoms with Gasteiger partial charge in [0.15, 0.2) is 0 Å². The second-order valence-electron chi connectivity index (χ2n) is 6.86. The number of alkyl halides is 3. The zero-order valence-corrected chi connectivity index (χ0v) is 14.6. The van der Waals surface area contributed by atoms with Crippen LogP contribution in [0, 0.1) is 0 Å². The van der Waals surface area contributed by atoms with Crippen LogP contribution in [-0.4, -0.2) is 36.3 Å². The fourth-order valence-corrected chi connectivity index (χ4v) is 3.82. The van der Waals surface area contributed by atoms with Crippen LogP contribution >= 0.6 is 0 Å². The molecular formula is C20H17F3N2O2. The van der Waals surface area contributed by atoms with Gasteiger partial charge in [0.1, 0.15) is 6.04 Å². The molecule has 2 aromatic rings. The molecular weight excluding hydrogens is 357 g/mol. The molecule has 2 heterocycles. The third-order valence-electron chi connectivity index (χ3n) is 5.24. The quantitative estimate of drug-likeness (QED) is 0.758. The van der Waals surface area contributed by atoms with Crippen LogP contribution < -0.4 is 4.90 Å². The maximum Gasteiger partial charge on any atom is 0.416 e. The molecule has 0 spiro atoms. The van der Waals surface area contributed by atoms with Crippen LogP contribution in [0.3, 0.4) is 0 Å². The normalized spacial score (nSPS) is 19.8. The number of carbonyl (C=O) groups excluding carboxylic acids is 2. The van der Waals surface area contributed by atoms with Gasteiger partial charge in [-0.05, 0) is 48.2 Å². The van der Waals surface area contributed by atoms with Crippen LogP contribution in [0.15, 0.2) is 42.5 Å². The van der Waals surface area contributed by atoms with Gasteiger partial charge in [0.2, 0.25) is 5.91 Å². The lowest BCUT2D eigenvalue weighted by atomic mass is 9.99. The van der Waals surface area contributed by atoms with E-state index in [0.29, 0.717) is 35.3 Å². The number of likely N-dealkylation sites (N-methyl/N-ethyl adjacent to an activating group) is 1. The van der Waals surface area contributed by atoms with E-state index in [0.717, 1.165) is 18.6 Å². The molecule has 0 radical (unpaired) electrons. The minimum atomic E-state index is -4.44. The molecule has 0 unspecified atom stereocenters. The zero-order valence-electron chi connectivity index (χ0n) is 14.6. The maximum absolute atomic E-state index is 13.0. The Bertz CT molecular complexity index is 939. The van der Waals surface area contributed by atoms with Gasteiger partial charge in [-0.15, -0.1) is 0 Å². The molecule has 140 valence electrons. The van der Waals surface area contributed by atoms with Crippen molar-refractivity contribution in [2.45, 2.75) is 25.1 Å². The first-order valence-corrected chi connectivity index (χ1v) is 8.67. The fraction of sp³-hybridized carbons (Fsp3) is 0.300. The van der Waals surface area contributed by atoms with Crippen LogP contribution in [0.5, 0.6) is 0 Å². The number of carbonyl (C=O) groups is 2. The van der Waals surface area contributed by atoms with Gasteiger partial charge in [-0.1, -0.05) is 18.2 Å². The standard InChI is InChI=1S/C20H17F3N2O2/c1-24-16-8-7-13(12-4-2-5-14(10-12)20(21,22)23)11-15(16)18(26)25-9-3-6-17(25)19(24)27/h2,4-5,7-8,10-11,17H,3,6,9H2,1H3/t17-/m0/s1. The first-order valence-electron chi connectivity index (χ1n) is 8.67. The first kappa shape index (κ1) is 17.6. The van der Waals surface area contributed by atoms with Gasteiger partial charge in [0.25, 0.3) is 5.91 Å². The summed E-state index contributed by atoms with van der Waals surface area (Å²) in [6.45, 7) is 0.510. The SMILES string of the molecule is CN1C(=O)[C@@H]2CCCN2C(=O)c2cc(-c3cccc(C(F)(F)F)c3)ccc21. The van der Waals surface area contributed by atoms with E-state index < -0.39 is 17.8 Å². The predicted octanol–water partition coefficient (Wildman–Crippen LogP) is 3.95. The summed E-state index contributed by atoms with van der Waals surface area (Å²) in [5.41, 5.74) is 0.955. The number of benzene rings is 2. The Hall–Kier alpha value is -2.83. The van der Waals surface area contributed by atoms with Crippen molar-refractivity contribution in [3.63, 3.8) is 0 Å². The molecule has 1 fully saturated rings. The van der Waals surface area contributed by atoms with Crippen LogP contribution in [0.1, 0.15) is 28.8 Å². The molecule has 2 amide bonds. The Morgan fingerprint density at radius 3 is 2.52 bits per heavy atom. The van der Waals surface area contributed by atoms with Gasteiger partial charge >= 0.3 is 6.18 Å². The third-order valence-corrected chi connectivity index (χ3v) is 5.24. The summed E-state index contributed by atoms with van der Waals surface area (Å²) in [7, 11) is 1.63. The van der Waals surface area contributed by atoms with Gasteiger partial charge in [-0.3, -0.25) is 9.59 Å². The van der Waals surface area contributed by atoms with Crippen LogP contribution in [-0.2, 0) is 11.0 Å². The fourth-order valence-electron chi connectivity index (χ4n) is 3.82. The van der Waals surface area contributed by atoms with Crippen LogP contribution in [0.4, 0.5) is 18.9 Å². The minimum absolute atomic E-state index is 0.133. The van der Waals surface area contributed by atoms with Crippen molar-refractivity contribution in [1.82, 2.24) is 4.90 Å². The van der Waals surface area contributed by atoms with Gasteiger partial charge in [-0.25, -0.2) is 0 Å². The Balaban J connectivity index is 1.81. The molecule has 4 nitrogen and oxygen atoms in total. The molecule has 0 bridgehead atoms. The smallest absolute Gasteiger partial charge is 0.327 e. The Morgan fingerprint density at radius 1 is 1.04 bits per heavy atom. The lowest BCUT2D eigenvalue weighted by molar-refractivity contribution is -0.137. The van der Waals surface area contributed by atoms with E-state index >= 15 is 0 Å². The highest BCUT2D eigenvalue weighted by molar-refractivity contribution is 6.11. The number of anilines is 1. The van der Waals surface area contributed by atoms with E-state index in [2.05, 4.69) is 0 Å². The molecule has 1 atom stereocenters. The van der Waals surface area contributed by atoms with Gasteiger partial charge < -0.3 is 9.80 Å². The number of hydrogen-bond acceptors (Lipinski definition) is 2. The zero-order chi connectivity index (χ0) is 19.3. The summed E-state index contributed by atoms with van der Waals surface area (Å²) >= 11 is 0. The maximum atomic E-state index is 13.0. The average Bonchev–Trinajstić information content (AvgIpc) is 3.12. The monoisotopic (exact) mass is 374 g/mol. The Morgan fingerprint density at radius 2 is 1.78 bits per heavy atom. The highest BCUT2D eigenvalue weighted by Gasteiger charge is 2.41. The highest BCUT2D eigenvalue weighted by atomic mass is 19.4. The number of rotatable bonds is 1. The van der Waals surface area contributed by atoms with Crippen molar-refractivity contribution in [3.8, 4) is 11.1 Å². The van der Waals surface area contributed by atoms with E-state index in [-0.39, 0.29) is 11.8 Å². The number of fused-ring (bicyclic) bond motifs is 2.